The minimum atomic E-state index is -0.405. The van der Waals surface area contributed by atoms with Gasteiger partial charge < -0.3 is 19.3 Å². The lowest BCUT2D eigenvalue weighted by atomic mass is 10.1. The number of halogens is 1. The van der Waals surface area contributed by atoms with Crippen LogP contribution in [-0.2, 0) is 6.54 Å². The van der Waals surface area contributed by atoms with E-state index in [1.807, 2.05) is 0 Å². The molecule has 6 nitrogen and oxygen atoms in total. The second-order valence-corrected chi connectivity index (χ2v) is 6.49. The Morgan fingerprint density at radius 3 is 2.79 bits per heavy atom. The molecule has 4 aromatic rings. The van der Waals surface area contributed by atoms with Crippen molar-refractivity contribution in [2.24, 2.45) is 4.99 Å². The van der Waals surface area contributed by atoms with Crippen LogP contribution in [0.5, 0.6) is 5.75 Å². The first kappa shape index (κ1) is 18.5. The molecule has 2 aromatic heterocycles. The second kappa shape index (κ2) is 7.63. The summed E-state index contributed by atoms with van der Waals surface area (Å²) in [4.78, 5) is 17.2. The third-order valence-electron chi connectivity index (χ3n) is 4.35. The molecule has 7 heteroatoms. The molecular formula is C22H17FN2O4. The van der Waals surface area contributed by atoms with Crippen molar-refractivity contribution in [1.29, 1.82) is 0 Å². The molecule has 0 fully saturated rings. The first-order chi connectivity index (χ1) is 14.0. The van der Waals surface area contributed by atoms with Crippen molar-refractivity contribution in [1.82, 2.24) is 5.32 Å². The number of hydrogen-bond acceptors (Lipinski definition) is 5. The summed E-state index contributed by atoms with van der Waals surface area (Å²) >= 11 is 0. The lowest BCUT2D eigenvalue weighted by Gasteiger charge is -2.06. The van der Waals surface area contributed by atoms with E-state index in [2.05, 4.69) is 10.3 Å². The first-order valence-corrected chi connectivity index (χ1v) is 8.88. The average molecular weight is 392 g/mol. The predicted molar refractivity (Wildman–Crippen MR) is 104 cm³/mol. The number of phenols is 1. The van der Waals surface area contributed by atoms with E-state index in [0.29, 0.717) is 28.0 Å². The highest BCUT2D eigenvalue weighted by atomic mass is 19.1. The van der Waals surface area contributed by atoms with Gasteiger partial charge in [-0.2, -0.15) is 0 Å². The van der Waals surface area contributed by atoms with E-state index in [1.54, 1.807) is 37.3 Å². The first-order valence-electron chi connectivity index (χ1n) is 8.88. The highest BCUT2D eigenvalue weighted by molar-refractivity contribution is 5.96. The molecule has 0 bridgehead atoms. The van der Waals surface area contributed by atoms with Gasteiger partial charge in [-0.15, -0.1) is 0 Å². The van der Waals surface area contributed by atoms with Crippen LogP contribution in [-0.4, -0.2) is 11.0 Å². The van der Waals surface area contributed by atoms with E-state index in [1.165, 1.54) is 30.5 Å². The van der Waals surface area contributed by atoms with Gasteiger partial charge in [-0.05, 0) is 61.0 Å². The van der Waals surface area contributed by atoms with E-state index < -0.39 is 5.91 Å². The minimum Gasteiger partial charge on any atom is -0.508 e. The van der Waals surface area contributed by atoms with Gasteiger partial charge in [0, 0.05) is 11.5 Å². The molecule has 0 aliphatic heterocycles. The molecule has 0 atom stereocenters. The number of nitrogens with one attached hydrogen (secondary N) is 1. The maximum absolute atomic E-state index is 13.6. The standard InChI is InChI=1S/C22H17FN2O4/c1-13-9-15(5-7-19(13)23)25-22-18(21(27)24-12-17-3-2-8-28-17)10-14-4-6-16(26)11-20(14)29-22/h2-11,26H,12H2,1H3,(H,24,27). The van der Waals surface area contributed by atoms with Gasteiger partial charge in [0.15, 0.2) is 0 Å². The summed E-state index contributed by atoms with van der Waals surface area (Å²) in [5, 5.41) is 13.1. The van der Waals surface area contributed by atoms with E-state index in [9.17, 15) is 14.3 Å². The Bertz CT molecular complexity index is 1260. The molecule has 0 aliphatic rings. The number of carbonyl (C=O) groups is 1. The van der Waals surface area contributed by atoms with Gasteiger partial charge in [-0.3, -0.25) is 4.79 Å². The maximum Gasteiger partial charge on any atom is 0.257 e. The quantitative estimate of drug-likeness (QED) is 0.541. The van der Waals surface area contributed by atoms with E-state index >= 15 is 0 Å². The van der Waals surface area contributed by atoms with E-state index in [4.69, 9.17) is 8.83 Å². The lowest BCUT2D eigenvalue weighted by molar-refractivity contribution is 0.0944. The molecule has 1 amide bonds. The average Bonchev–Trinajstić information content (AvgIpc) is 3.22. The molecular weight excluding hydrogens is 375 g/mol. The summed E-state index contributed by atoms with van der Waals surface area (Å²) in [6.07, 6.45) is 1.52. The Labute approximate surface area is 164 Å². The molecule has 146 valence electrons. The van der Waals surface area contributed by atoms with Crippen molar-refractivity contribution in [3.8, 4) is 5.75 Å². The Morgan fingerprint density at radius 1 is 1.17 bits per heavy atom. The van der Waals surface area contributed by atoms with Crippen molar-refractivity contribution < 1.29 is 23.1 Å². The maximum atomic E-state index is 13.6. The van der Waals surface area contributed by atoms with E-state index in [-0.39, 0.29) is 29.2 Å². The molecule has 0 unspecified atom stereocenters. The summed E-state index contributed by atoms with van der Waals surface area (Å²) < 4.78 is 24.6. The van der Waals surface area contributed by atoms with Gasteiger partial charge >= 0.3 is 0 Å². The Balaban J connectivity index is 1.80. The third-order valence-corrected chi connectivity index (χ3v) is 4.35. The van der Waals surface area contributed by atoms with Gasteiger partial charge in [-0.25, -0.2) is 9.38 Å². The zero-order chi connectivity index (χ0) is 20.4. The Hall–Kier alpha value is -3.87. The Kier molecular flexibility index (Phi) is 4.87. The molecule has 0 saturated carbocycles. The van der Waals surface area contributed by atoms with Crippen LogP contribution in [0.25, 0.3) is 11.0 Å². The van der Waals surface area contributed by atoms with Gasteiger partial charge in [0.2, 0.25) is 5.55 Å². The summed E-state index contributed by atoms with van der Waals surface area (Å²) in [5.41, 5.74) is 1.48. The second-order valence-electron chi connectivity index (χ2n) is 6.49. The monoisotopic (exact) mass is 392 g/mol. The molecule has 2 aromatic carbocycles. The van der Waals surface area contributed by atoms with Crippen LogP contribution in [0.1, 0.15) is 21.7 Å². The molecule has 0 saturated heterocycles. The summed E-state index contributed by atoms with van der Waals surface area (Å²) in [5.74, 6) is -0.119. The fourth-order valence-electron chi connectivity index (χ4n) is 2.84. The number of furan rings is 1. The summed E-state index contributed by atoms with van der Waals surface area (Å²) in [7, 11) is 0. The van der Waals surface area contributed by atoms with E-state index in [0.717, 1.165) is 0 Å². The molecule has 0 aliphatic carbocycles. The van der Waals surface area contributed by atoms with Crippen LogP contribution in [0.15, 0.2) is 74.7 Å². The topological polar surface area (TPSA) is 88.0 Å². The molecule has 4 rings (SSSR count). The highest BCUT2D eigenvalue weighted by Gasteiger charge is 2.14. The predicted octanol–water partition coefficient (Wildman–Crippen LogP) is 4.34. The van der Waals surface area contributed by atoms with Gasteiger partial charge in [0.25, 0.3) is 5.91 Å². The molecule has 29 heavy (non-hydrogen) atoms. The zero-order valence-electron chi connectivity index (χ0n) is 15.5. The minimum absolute atomic E-state index is 0.0276. The van der Waals surface area contributed by atoms with Crippen LogP contribution >= 0.6 is 0 Å². The van der Waals surface area contributed by atoms with Crippen LogP contribution in [0.4, 0.5) is 10.1 Å². The number of benzene rings is 2. The number of hydrogen-bond donors (Lipinski definition) is 2. The van der Waals surface area contributed by atoms with Crippen molar-refractivity contribution >= 4 is 22.6 Å². The third kappa shape index (κ3) is 4.03. The van der Waals surface area contributed by atoms with Crippen LogP contribution in [0.3, 0.4) is 0 Å². The number of carbonyl (C=O) groups excluding carboxylic acids is 1. The van der Waals surface area contributed by atoms with Crippen molar-refractivity contribution in [3.63, 3.8) is 0 Å². The van der Waals surface area contributed by atoms with Crippen molar-refractivity contribution in [3.05, 3.63) is 89.1 Å². The number of rotatable bonds is 4. The number of aryl methyl sites for hydroxylation is 1. The number of fused-ring (bicyclic) bond motifs is 1. The van der Waals surface area contributed by atoms with Crippen molar-refractivity contribution in [2.45, 2.75) is 13.5 Å². The molecule has 2 heterocycles. The fraction of sp³-hybridized carbons (Fsp3) is 0.0909. The van der Waals surface area contributed by atoms with Crippen LogP contribution < -0.4 is 10.9 Å². The molecule has 0 spiro atoms. The normalized spacial score (nSPS) is 11.7. The van der Waals surface area contributed by atoms with Gasteiger partial charge in [0.1, 0.15) is 28.5 Å². The lowest BCUT2D eigenvalue weighted by Crippen LogP contribution is -2.28. The number of amides is 1. The largest absolute Gasteiger partial charge is 0.508 e. The SMILES string of the molecule is Cc1cc(N=c2oc3cc(O)ccc3cc2C(=O)NCc2ccco2)ccc1F. The number of phenolic OH excluding ortho intramolecular Hbond substituents is 1. The number of nitrogens with zero attached hydrogens (tertiary/aromatic N) is 1. The smallest absolute Gasteiger partial charge is 0.257 e. The van der Waals surface area contributed by atoms with Gasteiger partial charge in [-0.1, -0.05) is 0 Å². The summed E-state index contributed by atoms with van der Waals surface area (Å²) in [6.45, 7) is 1.83. The fourth-order valence-corrected chi connectivity index (χ4v) is 2.84. The van der Waals surface area contributed by atoms with Crippen molar-refractivity contribution in [2.75, 3.05) is 0 Å². The molecule has 0 radical (unpaired) electrons. The van der Waals surface area contributed by atoms with Gasteiger partial charge in [0.05, 0.1) is 18.5 Å². The highest BCUT2D eigenvalue weighted by Crippen LogP contribution is 2.21. The zero-order valence-corrected chi connectivity index (χ0v) is 15.5. The van der Waals surface area contributed by atoms with Crippen LogP contribution in [0, 0.1) is 12.7 Å². The Morgan fingerprint density at radius 2 is 2.03 bits per heavy atom. The summed E-state index contributed by atoms with van der Waals surface area (Å²) in [6, 6.07) is 14.1. The number of aromatic hydroxyl groups is 1. The molecule has 2 N–H and O–H groups in total. The van der Waals surface area contributed by atoms with Crippen LogP contribution in [0.2, 0.25) is 0 Å².